The van der Waals surface area contributed by atoms with E-state index < -0.39 is 0 Å². The Bertz CT molecular complexity index is 715. The summed E-state index contributed by atoms with van der Waals surface area (Å²) in [6.45, 7) is 2.10. The average molecular weight is 304 g/mol. The van der Waals surface area contributed by atoms with Gasteiger partial charge in [0, 0.05) is 30.7 Å². The summed E-state index contributed by atoms with van der Waals surface area (Å²) in [5.74, 6) is 7.17. The molecule has 0 amide bonds. The monoisotopic (exact) mass is 304 g/mol. The molecule has 4 nitrogen and oxygen atoms in total. The predicted octanol–water partition coefficient (Wildman–Crippen LogP) is 2.16. The Labute approximate surface area is 137 Å². The molecule has 3 heterocycles. The van der Waals surface area contributed by atoms with Crippen molar-refractivity contribution in [3.63, 3.8) is 0 Å². The zero-order valence-electron chi connectivity index (χ0n) is 13.3. The minimum atomic E-state index is 0.660. The molecule has 2 aliphatic rings. The van der Waals surface area contributed by atoms with Crippen LogP contribution in [-0.2, 0) is 0 Å². The van der Waals surface area contributed by atoms with Crippen molar-refractivity contribution in [2.45, 2.75) is 24.9 Å². The van der Waals surface area contributed by atoms with Crippen molar-refractivity contribution in [3.8, 4) is 11.8 Å². The van der Waals surface area contributed by atoms with Crippen LogP contribution < -0.4 is 4.90 Å². The normalized spacial score (nSPS) is 23.4. The molecule has 23 heavy (non-hydrogen) atoms. The highest BCUT2D eigenvalue weighted by Crippen LogP contribution is 2.30. The fourth-order valence-corrected chi connectivity index (χ4v) is 3.52. The van der Waals surface area contributed by atoms with Crippen LogP contribution in [0.15, 0.2) is 42.5 Å². The molecule has 116 valence electrons. The van der Waals surface area contributed by atoms with E-state index in [1.807, 2.05) is 42.5 Å². The van der Waals surface area contributed by atoms with Crippen LogP contribution in [-0.4, -0.2) is 47.3 Å². The number of anilines is 1. The van der Waals surface area contributed by atoms with E-state index in [0.29, 0.717) is 12.1 Å². The third kappa shape index (κ3) is 2.93. The first-order valence-electron chi connectivity index (χ1n) is 8.17. The second kappa shape index (κ2) is 6.02. The van der Waals surface area contributed by atoms with Crippen molar-refractivity contribution in [1.29, 1.82) is 0 Å². The average Bonchev–Trinajstić information content (AvgIpc) is 2.82. The van der Waals surface area contributed by atoms with Crippen molar-refractivity contribution in [3.05, 3.63) is 53.7 Å². The Morgan fingerprint density at radius 2 is 1.65 bits per heavy atom. The molecular formula is C19H20N4. The molecule has 0 N–H and O–H groups in total. The Hall–Kier alpha value is -2.38. The van der Waals surface area contributed by atoms with Gasteiger partial charge in [-0.1, -0.05) is 24.1 Å². The third-order valence-corrected chi connectivity index (χ3v) is 4.93. The molecule has 2 atom stereocenters. The fraction of sp³-hybridized carbons (Fsp3) is 0.368. The molecular weight excluding hydrogens is 284 g/mol. The Kier molecular flexibility index (Phi) is 3.72. The summed E-state index contributed by atoms with van der Waals surface area (Å²) in [5.41, 5.74) is 1.71. The molecule has 0 spiro atoms. The Morgan fingerprint density at radius 1 is 0.913 bits per heavy atom. The molecule has 4 rings (SSSR count). The Balaban J connectivity index is 1.48. The van der Waals surface area contributed by atoms with E-state index in [-0.39, 0.29) is 0 Å². The molecule has 4 heteroatoms. The van der Waals surface area contributed by atoms with Gasteiger partial charge >= 0.3 is 0 Å². The summed E-state index contributed by atoms with van der Waals surface area (Å²) in [6.07, 6.45) is 2.59. The highest BCUT2D eigenvalue weighted by Gasteiger charge is 2.37. The molecule has 0 saturated carbocycles. The Morgan fingerprint density at radius 3 is 2.30 bits per heavy atom. The van der Waals surface area contributed by atoms with E-state index in [1.165, 1.54) is 12.8 Å². The molecule has 2 bridgehead atoms. The highest BCUT2D eigenvalue weighted by molar-refractivity contribution is 5.44. The minimum absolute atomic E-state index is 0.660. The molecule has 2 fully saturated rings. The van der Waals surface area contributed by atoms with Crippen molar-refractivity contribution < 1.29 is 0 Å². The summed E-state index contributed by atoms with van der Waals surface area (Å²) < 4.78 is 0. The molecule has 1 aromatic heterocycles. The van der Waals surface area contributed by atoms with Crippen LogP contribution in [0.25, 0.3) is 0 Å². The maximum atomic E-state index is 4.39. The van der Waals surface area contributed by atoms with Crippen LogP contribution >= 0.6 is 0 Å². The van der Waals surface area contributed by atoms with Crippen LogP contribution in [0, 0.1) is 11.8 Å². The van der Waals surface area contributed by atoms with E-state index in [0.717, 1.165) is 30.2 Å². The van der Waals surface area contributed by atoms with E-state index in [1.54, 1.807) is 0 Å². The van der Waals surface area contributed by atoms with Crippen molar-refractivity contribution in [1.82, 2.24) is 15.1 Å². The van der Waals surface area contributed by atoms with Crippen LogP contribution in [0.4, 0.5) is 5.82 Å². The van der Waals surface area contributed by atoms with Crippen LogP contribution in [0.5, 0.6) is 0 Å². The lowest BCUT2D eigenvalue weighted by molar-refractivity contribution is 0.211. The number of piperazine rings is 1. The quantitative estimate of drug-likeness (QED) is 0.756. The topological polar surface area (TPSA) is 32.3 Å². The lowest BCUT2D eigenvalue weighted by atomic mass is 10.2. The first-order chi connectivity index (χ1) is 11.3. The number of aromatic nitrogens is 2. The number of hydrogen-bond donors (Lipinski definition) is 0. The van der Waals surface area contributed by atoms with Crippen LogP contribution in [0.3, 0.4) is 0 Å². The largest absolute Gasteiger partial charge is 0.352 e. The third-order valence-electron chi connectivity index (χ3n) is 4.93. The number of benzene rings is 1. The summed E-state index contributed by atoms with van der Waals surface area (Å²) >= 11 is 0. The molecule has 2 aliphatic heterocycles. The molecule has 1 aromatic carbocycles. The van der Waals surface area contributed by atoms with E-state index in [2.05, 4.69) is 38.9 Å². The minimum Gasteiger partial charge on any atom is -0.352 e. The zero-order chi connectivity index (χ0) is 15.6. The van der Waals surface area contributed by atoms with Crippen LogP contribution in [0.2, 0.25) is 0 Å². The summed E-state index contributed by atoms with van der Waals surface area (Å²) in [5, 5.41) is 8.67. The first kappa shape index (κ1) is 14.2. The van der Waals surface area contributed by atoms with Gasteiger partial charge in [-0.3, -0.25) is 4.90 Å². The van der Waals surface area contributed by atoms with Gasteiger partial charge < -0.3 is 4.90 Å². The van der Waals surface area contributed by atoms with Gasteiger partial charge in [0.25, 0.3) is 0 Å². The first-order valence-corrected chi connectivity index (χ1v) is 8.17. The number of fused-ring (bicyclic) bond motifs is 2. The summed E-state index contributed by atoms with van der Waals surface area (Å²) in [4.78, 5) is 4.88. The van der Waals surface area contributed by atoms with E-state index in [4.69, 9.17) is 0 Å². The van der Waals surface area contributed by atoms with Gasteiger partial charge in [0.1, 0.15) is 5.69 Å². The number of nitrogens with zero attached hydrogens (tertiary/aromatic N) is 4. The molecule has 0 radical (unpaired) electrons. The van der Waals surface area contributed by atoms with Gasteiger partial charge in [0.05, 0.1) is 0 Å². The maximum absolute atomic E-state index is 4.39. The lowest BCUT2D eigenvalue weighted by Gasteiger charge is -2.39. The molecule has 2 saturated heterocycles. The van der Waals surface area contributed by atoms with Gasteiger partial charge in [0.15, 0.2) is 5.82 Å². The number of hydrogen-bond acceptors (Lipinski definition) is 4. The van der Waals surface area contributed by atoms with Gasteiger partial charge in [-0.2, -0.15) is 0 Å². The van der Waals surface area contributed by atoms with Crippen molar-refractivity contribution in [2.24, 2.45) is 0 Å². The van der Waals surface area contributed by atoms with Gasteiger partial charge in [-0.15, -0.1) is 10.2 Å². The standard InChI is InChI=1S/C19H20N4/c1-22-17-10-11-18(22)14-23(13-17)19-12-9-16(20-21-19)8-7-15-5-3-2-4-6-15/h2-6,9,12,17-18H,10-11,13-14H2,1H3. The molecule has 0 aliphatic carbocycles. The number of likely N-dealkylation sites (N-methyl/N-ethyl adjacent to an activating group) is 1. The van der Waals surface area contributed by atoms with E-state index >= 15 is 0 Å². The van der Waals surface area contributed by atoms with Crippen LogP contribution in [0.1, 0.15) is 24.1 Å². The van der Waals surface area contributed by atoms with Gasteiger partial charge in [-0.25, -0.2) is 0 Å². The van der Waals surface area contributed by atoms with E-state index in [9.17, 15) is 0 Å². The maximum Gasteiger partial charge on any atom is 0.151 e. The number of rotatable bonds is 1. The van der Waals surface area contributed by atoms with Gasteiger partial charge in [-0.05, 0) is 50.1 Å². The zero-order valence-corrected chi connectivity index (χ0v) is 13.3. The van der Waals surface area contributed by atoms with Crippen molar-refractivity contribution in [2.75, 3.05) is 25.0 Å². The lowest BCUT2D eigenvalue weighted by Crippen LogP contribution is -2.52. The van der Waals surface area contributed by atoms with Gasteiger partial charge in [0.2, 0.25) is 0 Å². The second-order valence-corrected chi connectivity index (χ2v) is 6.35. The summed E-state index contributed by atoms with van der Waals surface area (Å²) in [6, 6.07) is 15.3. The fourth-order valence-electron chi connectivity index (χ4n) is 3.52. The highest BCUT2D eigenvalue weighted by atomic mass is 15.3. The molecule has 2 unspecified atom stereocenters. The smallest absolute Gasteiger partial charge is 0.151 e. The predicted molar refractivity (Wildman–Crippen MR) is 91.2 cm³/mol. The second-order valence-electron chi connectivity index (χ2n) is 6.35. The molecule has 2 aromatic rings. The SMILES string of the molecule is CN1C2CCC1CN(c1ccc(C#Cc3ccccc3)nn1)C2. The van der Waals surface area contributed by atoms with Crippen molar-refractivity contribution >= 4 is 5.82 Å². The summed E-state index contributed by atoms with van der Waals surface area (Å²) in [7, 11) is 2.24.